The Bertz CT molecular complexity index is 253. The second kappa shape index (κ2) is 5.50. The van der Waals surface area contributed by atoms with Crippen LogP contribution in [0.4, 0.5) is 0 Å². The first kappa shape index (κ1) is 12.4. The van der Waals surface area contributed by atoms with Gasteiger partial charge in [0.25, 0.3) is 0 Å². The van der Waals surface area contributed by atoms with Crippen molar-refractivity contribution in [3.63, 3.8) is 0 Å². The maximum atomic E-state index is 6.06. The third kappa shape index (κ3) is 3.20. The molecule has 92 valence electrons. The minimum Gasteiger partial charge on any atom is -0.380 e. The van der Waals surface area contributed by atoms with Crippen molar-refractivity contribution in [1.82, 2.24) is 0 Å². The van der Waals surface area contributed by atoms with Crippen LogP contribution in [0.2, 0.25) is 0 Å². The summed E-state index contributed by atoms with van der Waals surface area (Å²) in [6, 6.07) is 0. The fraction of sp³-hybridized carbons (Fsp3) is 0.857. The summed E-state index contributed by atoms with van der Waals surface area (Å²) < 4.78 is 6.06. The lowest BCUT2D eigenvalue weighted by Crippen LogP contribution is -2.38. The van der Waals surface area contributed by atoms with Crippen LogP contribution in [-0.4, -0.2) is 22.1 Å². The lowest BCUT2D eigenvalue weighted by Gasteiger charge is -2.37. The minimum atomic E-state index is 0.302. The second-order valence-electron chi connectivity index (χ2n) is 5.89. The summed E-state index contributed by atoms with van der Waals surface area (Å²) in [4.78, 5) is 0. The van der Waals surface area contributed by atoms with Crippen molar-refractivity contribution in [2.75, 3.05) is 6.61 Å². The molecule has 1 nitrogen and oxygen atoms in total. The first-order valence-electron chi connectivity index (χ1n) is 7.02. The average Bonchev–Trinajstić information content (AvgIpc) is 2.30. The summed E-state index contributed by atoms with van der Waals surface area (Å²) in [5.74, 6) is 0.760. The highest BCUT2D eigenvalue weighted by atomic mass is 28.1. The Morgan fingerprint density at radius 2 is 2.25 bits per heavy atom. The Hall–Kier alpha value is -0.0831. The molecule has 0 aromatic carbocycles. The molecule has 0 radical (unpaired) electrons. The van der Waals surface area contributed by atoms with E-state index in [0.29, 0.717) is 5.22 Å². The van der Waals surface area contributed by atoms with E-state index in [4.69, 9.17) is 4.74 Å². The molecule has 2 atom stereocenters. The number of allylic oxidation sites excluding steroid dienone is 2. The Morgan fingerprint density at radius 1 is 1.38 bits per heavy atom. The van der Waals surface area contributed by atoms with Gasteiger partial charge in [0.15, 0.2) is 0 Å². The predicted molar refractivity (Wildman–Crippen MR) is 72.8 cm³/mol. The maximum Gasteiger partial charge on any atom is 0.0491 e. The van der Waals surface area contributed by atoms with Crippen molar-refractivity contribution in [3.05, 3.63) is 11.6 Å². The summed E-state index contributed by atoms with van der Waals surface area (Å²) in [5, 5.41) is 0.302. The Balaban J connectivity index is 1.89. The van der Waals surface area contributed by atoms with Gasteiger partial charge in [-0.15, -0.1) is 0 Å². The fourth-order valence-electron chi connectivity index (χ4n) is 3.24. The molecule has 16 heavy (non-hydrogen) atoms. The molecule has 1 aliphatic heterocycles. The molecule has 0 aromatic rings. The van der Waals surface area contributed by atoms with Crippen molar-refractivity contribution in [2.45, 2.75) is 63.5 Å². The van der Waals surface area contributed by atoms with Crippen LogP contribution in [-0.2, 0) is 4.74 Å². The third-order valence-corrected chi connectivity index (χ3v) is 5.44. The lowest BCUT2D eigenvalue weighted by molar-refractivity contribution is -0.0287. The molecule has 1 aliphatic carbocycles. The van der Waals surface area contributed by atoms with E-state index < -0.39 is 0 Å². The maximum absolute atomic E-state index is 6.06. The van der Waals surface area contributed by atoms with Gasteiger partial charge in [0.1, 0.15) is 0 Å². The van der Waals surface area contributed by atoms with Crippen LogP contribution in [0, 0.1) is 5.92 Å². The number of hydrogen-bond donors (Lipinski definition) is 0. The van der Waals surface area contributed by atoms with Gasteiger partial charge in [-0.05, 0) is 57.3 Å². The number of hydrogen-bond acceptors (Lipinski definition) is 1. The van der Waals surface area contributed by atoms with E-state index in [2.05, 4.69) is 13.0 Å². The SMILES string of the molecule is CC(CC1([SiH3])CCCCO1)C1=CCCCC1. The summed E-state index contributed by atoms with van der Waals surface area (Å²) in [5.41, 5.74) is 1.72. The quantitative estimate of drug-likeness (QED) is 0.543. The van der Waals surface area contributed by atoms with E-state index in [-0.39, 0.29) is 0 Å². The topological polar surface area (TPSA) is 9.23 Å². The predicted octanol–water partition coefficient (Wildman–Crippen LogP) is 2.78. The largest absolute Gasteiger partial charge is 0.380 e. The molecule has 2 rings (SSSR count). The van der Waals surface area contributed by atoms with Crippen LogP contribution in [0.5, 0.6) is 0 Å². The smallest absolute Gasteiger partial charge is 0.0491 e. The molecular weight excluding hydrogens is 212 g/mol. The Morgan fingerprint density at radius 3 is 2.88 bits per heavy atom. The van der Waals surface area contributed by atoms with Crippen LogP contribution < -0.4 is 0 Å². The molecule has 0 saturated carbocycles. The zero-order valence-electron chi connectivity index (χ0n) is 10.9. The number of rotatable bonds is 3. The van der Waals surface area contributed by atoms with Crippen molar-refractivity contribution < 1.29 is 4.74 Å². The van der Waals surface area contributed by atoms with Gasteiger partial charge in [0, 0.05) is 22.1 Å². The van der Waals surface area contributed by atoms with Gasteiger partial charge < -0.3 is 4.74 Å². The van der Waals surface area contributed by atoms with Crippen LogP contribution in [0.1, 0.15) is 58.3 Å². The van der Waals surface area contributed by atoms with Gasteiger partial charge in [-0.2, -0.15) is 0 Å². The summed E-state index contributed by atoms with van der Waals surface area (Å²) in [7, 11) is 1.20. The van der Waals surface area contributed by atoms with Crippen LogP contribution in [0.15, 0.2) is 11.6 Å². The van der Waals surface area contributed by atoms with Gasteiger partial charge in [-0.1, -0.05) is 18.6 Å². The molecule has 0 spiro atoms. The molecule has 0 N–H and O–H groups in total. The lowest BCUT2D eigenvalue weighted by atomic mass is 9.85. The van der Waals surface area contributed by atoms with Crippen molar-refractivity contribution in [3.8, 4) is 0 Å². The van der Waals surface area contributed by atoms with E-state index in [0.717, 1.165) is 12.5 Å². The fourth-order valence-corrected chi connectivity index (χ4v) is 4.41. The van der Waals surface area contributed by atoms with E-state index in [1.165, 1.54) is 61.6 Å². The molecule has 0 amide bonds. The van der Waals surface area contributed by atoms with E-state index >= 15 is 0 Å². The minimum absolute atomic E-state index is 0.302. The van der Waals surface area contributed by atoms with Crippen molar-refractivity contribution in [2.24, 2.45) is 5.92 Å². The highest BCUT2D eigenvalue weighted by Gasteiger charge is 2.30. The first-order valence-corrected chi connectivity index (χ1v) is 8.02. The van der Waals surface area contributed by atoms with Crippen molar-refractivity contribution in [1.29, 1.82) is 0 Å². The van der Waals surface area contributed by atoms with Gasteiger partial charge >= 0.3 is 0 Å². The molecule has 1 heterocycles. The Labute approximate surface area is 103 Å². The van der Waals surface area contributed by atoms with Crippen LogP contribution in [0.25, 0.3) is 0 Å². The zero-order valence-corrected chi connectivity index (χ0v) is 12.9. The van der Waals surface area contributed by atoms with E-state index in [1.807, 2.05) is 0 Å². The van der Waals surface area contributed by atoms with Crippen LogP contribution in [0.3, 0.4) is 0 Å². The van der Waals surface area contributed by atoms with E-state index in [1.54, 1.807) is 5.57 Å². The molecule has 2 unspecified atom stereocenters. The molecule has 0 aromatic heterocycles. The second-order valence-corrected chi connectivity index (χ2v) is 7.71. The van der Waals surface area contributed by atoms with Gasteiger partial charge in [-0.3, -0.25) is 0 Å². The third-order valence-electron chi connectivity index (χ3n) is 4.25. The Kier molecular flexibility index (Phi) is 4.26. The summed E-state index contributed by atoms with van der Waals surface area (Å²) in [6.07, 6.45) is 13.2. The zero-order chi connectivity index (χ0) is 11.4. The number of ether oxygens (including phenoxy) is 1. The average molecular weight is 238 g/mol. The van der Waals surface area contributed by atoms with Gasteiger partial charge in [0.05, 0.1) is 0 Å². The molecule has 2 aliphatic rings. The van der Waals surface area contributed by atoms with E-state index in [9.17, 15) is 0 Å². The monoisotopic (exact) mass is 238 g/mol. The van der Waals surface area contributed by atoms with Crippen molar-refractivity contribution >= 4 is 10.2 Å². The standard InChI is InChI=1S/C14H26OSi/c1-12(13-7-3-2-4-8-13)11-14(16)9-5-6-10-15-14/h7,12H,2-6,8-11H2,1,16H3. The van der Waals surface area contributed by atoms with Gasteiger partial charge in [0.2, 0.25) is 0 Å². The van der Waals surface area contributed by atoms with Crippen LogP contribution >= 0.6 is 0 Å². The molecular formula is C14H26OSi. The molecule has 1 saturated heterocycles. The van der Waals surface area contributed by atoms with Gasteiger partial charge in [-0.25, -0.2) is 0 Å². The first-order chi connectivity index (χ1) is 7.70. The summed E-state index contributed by atoms with van der Waals surface area (Å²) in [6.45, 7) is 3.42. The molecule has 1 fully saturated rings. The molecule has 2 heteroatoms. The normalized spacial score (nSPS) is 33.4. The molecule has 0 bridgehead atoms. The summed E-state index contributed by atoms with van der Waals surface area (Å²) >= 11 is 0. The highest BCUT2D eigenvalue weighted by molar-refractivity contribution is 6.14. The highest BCUT2D eigenvalue weighted by Crippen LogP contribution is 2.34.